The molecule has 1 amide bonds. The van der Waals surface area contributed by atoms with Crippen LogP contribution in [0.15, 0.2) is 60.7 Å². The van der Waals surface area contributed by atoms with Crippen molar-refractivity contribution in [1.82, 2.24) is 24.6 Å². The number of aromatic nitrogens is 3. The van der Waals surface area contributed by atoms with E-state index in [0.717, 1.165) is 43.3 Å². The summed E-state index contributed by atoms with van der Waals surface area (Å²) in [5.41, 5.74) is 1.84. The van der Waals surface area contributed by atoms with Gasteiger partial charge in [0, 0.05) is 38.3 Å². The Hall–Kier alpha value is -2.99. The van der Waals surface area contributed by atoms with Crippen LogP contribution in [0.3, 0.4) is 0 Å². The highest BCUT2D eigenvalue weighted by molar-refractivity contribution is 5.91. The third kappa shape index (κ3) is 3.93. The molecule has 1 saturated heterocycles. The van der Waals surface area contributed by atoms with Gasteiger partial charge in [-0.15, -0.1) is 5.10 Å². The molecule has 5 rings (SSSR count). The van der Waals surface area contributed by atoms with Crippen LogP contribution in [0.5, 0.6) is 0 Å². The second-order valence-corrected chi connectivity index (χ2v) is 7.91. The van der Waals surface area contributed by atoms with Gasteiger partial charge in [0.15, 0.2) is 5.82 Å². The molecule has 0 spiro atoms. The van der Waals surface area contributed by atoms with Crippen LogP contribution in [-0.2, 0) is 0 Å². The summed E-state index contributed by atoms with van der Waals surface area (Å²) in [6.45, 7) is 4.54. The molecule has 2 aliphatic rings. The molecule has 2 aromatic carbocycles. The molecule has 0 bridgehead atoms. The third-order valence-corrected chi connectivity index (χ3v) is 5.70. The second-order valence-electron chi connectivity index (χ2n) is 7.91. The van der Waals surface area contributed by atoms with Crippen LogP contribution in [0, 0.1) is 5.92 Å². The maximum absolute atomic E-state index is 13.1. The SMILES string of the molecule is O=C(c1nc(-c2ccccc2)n(-c2ccccc2)n1)N1CCN(CC2CC2)CC1. The van der Waals surface area contributed by atoms with Crippen LogP contribution >= 0.6 is 0 Å². The lowest BCUT2D eigenvalue weighted by Gasteiger charge is -2.34. The molecule has 0 radical (unpaired) electrons. The van der Waals surface area contributed by atoms with Crippen molar-refractivity contribution in [3.8, 4) is 17.1 Å². The van der Waals surface area contributed by atoms with E-state index in [1.165, 1.54) is 19.4 Å². The molecule has 3 aromatic rings. The van der Waals surface area contributed by atoms with Gasteiger partial charge in [-0.25, -0.2) is 9.67 Å². The van der Waals surface area contributed by atoms with Gasteiger partial charge in [-0.05, 0) is 30.9 Å². The number of benzene rings is 2. The number of carbonyl (C=O) groups excluding carboxylic acids is 1. The first kappa shape index (κ1) is 18.1. The molecule has 6 heteroatoms. The Morgan fingerprint density at radius 3 is 2.21 bits per heavy atom. The van der Waals surface area contributed by atoms with Gasteiger partial charge in [0.25, 0.3) is 5.91 Å². The number of hydrogen-bond acceptors (Lipinski definition) is 4. The molecular formula is C23H25N5O. The minimum absolute atomic E-state index is 0.0806. The summed E-state index contributed by atoms with van der Waals surface area (Å²) in [6, 6.07) is 19.8. The molecule has 1 saturated carbocycles. The number of carbonyl (C=O) groups is 1. The first-order valence-corrected chi connectivity index (χ1v) is 10.4. The number of rotatable bonds is 5. The van der Waals surface area contributed by atoms with Gasteiger partial charge < -0.3 is 4.90 Å². The summed E-state index contributed by atoms with van der Waals surface area (Å²) >= 11 is 0. The average molecular weight is 387 g/mol. The van der Waals surface area contributed by atoms with Crippen molar-refractivity contribution in [1.29, 1.82) is 0 Å². The Morgan fingerprint density at radius 2 is 1.55 bits per heavy atom. The van der Waals surface area contributed by atoms with Crippen molar-refractivity contribution in [2.24, 2.45) is 5.92 Å². The van der Waals surface area contributed by atoms with E-state index in [1.807, 2.05) is 65.6 Å². The highest BCUT2D eigenvalue weighted by Gasteiger charge is 2.29. The molecule has 1 aromatic heterocycles. The van der Waals surface area contributed by atoms with Crippen molar-refractivity contribution in [3.63, 3.8) is 0 Å². The molecule has 1 aliphatic heterocycles. The number of amides is 1. The molecule has 1 aliphatic carbocycles. The smallest absolute Gasteiger partial charge is 0.293 e. The van der Waals surface area contributed by atoms with Crippen molar-refractivity contribution in [2.75, 3.05) is 32.7 Å². The zero-order chi connectivity index (χ0) is 19.6. The van der Waals surface area contributed by atoms with E-state index in [0.29, 0.717) is 5.82 Å². The van der Waals surface area contributed by atoms with E-state index < -0.39 is 0 Å². The van der Waals surface area contributed by atoms with Gasteiger partial charge in [0.1, 0.15) is 0 Å². The van der Waals surface area contributed by atoms with E-state index in [4.69, 9.17) is 0 Å². The second kappa shape index (κ2) is 7.79. The molecule has 0 N–H and O–H groups in total. The lowest BCUT2D eigenvalue weighted by molar-refractivity contribution is 0.0620. The maximum Gasteiger partial charge on any atom is 0.293 e. The normalized spacial score (nSPS) is 17.4. The zero-order valence-corrected chi connectivity index (χ0v) is 16.4. The van der Waals surface area contributed by atoms with Crippen molar-refractivity contribution in [3.05, 3.63) is 66.5 Å². The largest absolute Gasteiger partial charge is 0.333 e. The standard InChI is InChI=1S/C23H25N5O/c29-23(27-15-13-26(14-16-27)17-18-11-12-18)21-24-22(19-7-3-1-4-8-19)28(25-21)20-9-5-2-6-10-20/h1-10,18H,11-17H2. The summed E-state index contributed by atoms with van der Waals surface area (Å²) in [6.07, 6.45) is 2.73. The Kier molecular flexibility index (Phi) is 4.86. The molecule has 29 heavy (non-hydrogen) atoms. The van der Waals surface area contributed by atoms with Gasteiger partial charge in [-0.2, -0.15) is 0 Å². The summed E-state index contributed by atoms with van der Waals surface area (Å²) in [7, 11) is 0. The molecule has 6 nitrogen and oxygen atoms in total. The minimum atomic E-state index is -0.0806. The number of nitrogens with zero attached hydrogens (tertiary/aromatic N) is 5. The number of hydrogen-bond donors (Lipinski definition) is 0. The fourth-order valence-corrected chi connectivity index (χ4v) is 3.87. The van der Waals surface area contributed by atoms with Crippen molar-refractivity contribution in [2.45, 2.75) is 12.8 Å². The highest BCUT2D eigenvalue weighted by atomic mass is 16.2. The lowest BCUT2D eigenvalue weighted by atomic mass is 10.2. The number of piperazine rings is 1. The van der Waals surface area contributed by atoms with Crippen LogP contribution in [0.25, 0.3) is 17.1 Å². The summed E-state index contributed by atoms with van der Waals surface area (Å²) in [5.74, 6) is 1.76. The Bertz CT molecular complexity index is 916. The van der Waals surface area contributed by atoms with Gasteiger partial charge >= 0.3 is 0 Å². The highest BCUT2D eigenvalue weighted by Crippen LogP contribution is 2.30. The third-order valence-electron chi connectivity index (χ3n) is 5.70. The Balaban J connectivity index is 1.40. The topological polar surface area (TPSA) is 54.3 Å². The summed E-state index contributed by atoms with van der Waals surface area (Å²) < 4.78 is 1.77. The van der Waals surface area contributed by atoms with Crippen molar-refractivity contribution < 1.29 is 4.79 Å². The van der Waals surface area contributed by atoms with Gasteiger partial charge in [0.05, 0.1) is 5.69 Å². The molecule has 0 atom stereocenters. The minimum Gasteiger partial charge on any atom is -0.333 e. The predicted molar refractivity (Wildman–Crippen MR) is 112 cm³/mol. The van der Waals surface area contributed by atoms with Crippen molar-refractivity contribution >= 4 is 5.91 Å². The van der Waals surface area contributed by atoms with Crippen LogP contribution in [0.1, 0.15) is 23.5 Å². The summed E-state index contributed by atoms with van der Waals surface area (Å²) in [5, 5.41) is 4.61. The fourth-order valence-electron chi connectivity index (χ4n) is 3.87. The zero-order valence-electron chi connectivity index (χ0n) is 16.4. The summed E-state index contributed by atoms with van der Waals surface area (Å²) in [4.78, 5) is 22.2. The first-order chi connectivity index (χ1) is 14.3. The van der Waals surface area contributed by atoms with E-state index in [9.17, 15) is 4.79 Å². The molecule has 2 heterocycles. The van der Waals surface area contributed by atoms with E-state index in [-0.39, 0.29) is 11.7 Å². The van der Waals surface area contributed by atoms with E-state index in [2.05, 4.69) is 15.0 Å². The Morgan fingerprint density at radius 1 is 0.897 bits per heavy atom. The quantitative estimate of drug-likeness (QED) is 0.675. The number of para-hydroxylation sites is 1. The monoisotopic (exact) mass is 387 g/mol. The van der Waals surface area contributed by atoms with E-state index >= 15 is 0 Å². The first-order valence-electron chi connectivity index (χ1n) is 10.4. The molecule has 0 unspecified atom stereocenters. The fraction of sp³-hybridized carbons (Fsp3) is 0.348. The van der Waals surface area contributed by atoms with Crippen LogP contribution in [0.4, 0.5) is 0 Å². The lowest BCUT2D eigenvalue weighted by Crippen LogP contribution is -2.49. The van der Waals surface area contributed by atoms with Crippen LogP contribution < -0.4 is 0 Å². The van der Waals surface area contributed by atoms with Gasteiger partial charge in [0.2, 0.25) is 5.82 Å². The predicted octanol–water partition coefficient (Wildman–Crippen LogP) is 3.10. The maximum atomic E-state index is 13.1. The van der Waals surface area contributed by atoms with E-state index in [1.54, 1.807) is 4.68 Å². The van der Waals surface area contributed by atoms with Crippen LogP contribution in [0.2, 0.25) is 0 Å². The van der Waals surface area contributed by atoms with Gasteiger partial charge in [-0.3, -0.25) is 9.69 Å². The van der Waals surface area contributed by atoms with Crippen LogP contribution in [-0.4, -0.2) is 63.2 Å². The van der Waals surface area contributed by atoms with Gasteiger partial charge in [-0.1, -0.05) is 48.5 Å². The Labute approximate surface area is 170 Å². The average Bonchev–Trinajstić information content (AvgIpc) is 3.49. The molecule has 2 fully saturated rings. The molecular weight excluding hydrogens is 362 g/mol. The molecule has 148 valence electrons.